The SMILES string of the molecule is CC.CCc1c(F)c(F)cc2cc(O)cc(C(C)C)c12. The molecule has 2 rings (SSSR count). The van der Waals surface area contributed by atoms with Crippen LogP contribution in [-0.4, -0.2) is 5.11 Å². The number of rotatable bonds is 2. The molecular weight excluding hydrogens is 258 g/mol. The Labute approximate surface area is 119 Å². The van der Waals surface area contributed by atoms with Crippen LogP contribution in [-0.2, 0) is 6.42 Å². The molecule has 0 bridgehead atoms. The molecule has 0 atom stereocenters. The lowest BCUT2D eigenvalue weighted by atomic mass is 9.91. The summed E-state index contributed by atoms with van der Waals surface area (Å²) < 4.78 is 27.3. The van der Waals surface area contributed by atoms with Gasteiger partial charge in [-0.3, -0.25) is 0 Å². The summed E-state index contributed by atoms with van der Waals surface area (Å²) >= 11 is 0. The minimum atomic E-state index is -0.861. The van der Waals surface area contributed by atoms with E-state index in [1.165, 1.54) is 6.07 Å². The first-order valence-corrected chi connectivity index (χ1v) is 7.09. The van der Waals surface area contributed by atoms with Gasteiger partial charge < -0.3 is 5.11 Å². The Balaban J connectivity index is 0.000000956. The second-order valence-corrected chi connectivity index (χ2v) is 4.79. The van der Waals surface area contributed by atoms with Gasteiger partial charge in [-0.25, -0.2) is 8.78 Å². The van der Waals surface area contributed by atoms with Crippen LogP contribution >= 0.6 is 0 Å². The standard InChI is InChI=1S/C15H16F2O.C2H6/c1-4-11-14-9(6-13(16)15(11)17)5-10(18)7-12(14)8(2)3;1-2/h5-8,18H,4H2,1-3H3;1-2H3. The van der Waals surface area contributed by atoms with Crippen molar-refractivity contribution in [2.75, 3.05) is 0 Å². The number of benzene rings is 2. The average Bonchev–Trinajstić information content (AvgIpc) is 2.42. The molecule has 0 aliphatic rings. The first kappa shape index (κ1) is 16.4. The Morgan fingerprint density at radius 3 is 2.20 bits per heavy atom. The molecule has 0 heterocycles. The maximum absolute atomic E-state index is 13.8. The smallest absolute Gasteiger partial charge is 0.162 e. The number of halogens is 2. The maximum atomic E-state index is 13.8. The third-order valence-electron chi connectivity index (χ3n) is 3.22. The molecule has 0 amide bonds. The van der Waals surface area contributed by atoms with E-state index >= 15 is 0 Å². The lowest BCUT2D eigenvalue weighted by Gasteiger charge is -2.15. The summed E-state index contributed by atoms with van der Waals surface area (Å²) in [6.45, 7) is 9.73. The van der Waals surface area contributed by atoms with E-state index in [0.717, 1.165) is 17.0 Å². The van der Waals surface area contributed by atoms with E-state index in [1.54, 1.807) is 13.0 Å². The van der Waals surface area contributed by atoms with Crippen LogP contribution in [0.3, 0.4) is 0 Å². The Hall–Kier alpha value is -1.64. The zero-order valence-electron chi connectivity index (χ0n) is 12.7. The molecule has 0 spiro atoms. The summed E-state index contributed by atoms with van der Waals surface area (Å²) in [4.78, 5) is 0. The second-order valence-electron chi connectivity index (χ2n) is 4.79. The highest BCUT2D eigenvalue weighted by molar-refractivity contribution is 5.91. The molecule has 110 valence electrons. The molecule has 1 N–H and O–H groups in total. The number of hydrogen-bond acceptors (Lipinski definition) is 1. The summed E-state index contributed by atoms with van der Waals surface area (Å²) in [6, 6.07) is 4.25. The van der Waals surface area contributed by atoms with Crippen molar-refractivity contribution in [3.8, 4) is 5.75 Å². The average molecular weight is 280 g/mol. The van der Waals surface area contributed by atoms with Gasteiger partial charge in [0.2, 0.25) is 0 Å². The van der Waals surface area contributed by atoms with E-state index in [9.17, 15) is 13.9 Å². The summed E-state index contributed by atoms with van der Waals surface area (Å²) in [5.41, 5.74) is 1.23. The van der Waals surface area contributed by atoms with Crippen LogP contribution in [0.25, 0.3) is 10.8 Å². The van der Waals surface area contributed by atoms with Gasteiger partial charge in [-0.05, 0) is 52.4 Å². The van der Waals surface area contributed by atoms with E-state index in [0.29, 0.717) is 17.4 Å². The zero-order chi connectivity index (χ0) is 15.4. The first-order chi connectivity index (χ1) is 9.45. The van der Waals surface area contributed by atoms with E-state index in [4.69, 9.17) is 0 Å². The van der Waals surface area contributed by atoms with Crippen molar-refractivity contribution in [3.05, 3.63) is 41.0 Å². The molecule has 0 unspecified atom stereocenters. The van der Waals surface area contributed by atoms with Gasteiger partial charge in [-0.15, -0.1) is 0 Å². The van der Waals surface area contributed by atoms with Crippen molar-refractivity contribution in [1.29, 1.82) is 0 Å². The number of hydrogen-bond donors (Lipinski definition) is 1. The van der Waals surface area contributed by atoms with Gasteiger partial charge in [0, 0.05) is 0 Å². The molecule has 0 radical (unpaired) electrons. The number of fused-ring (bicyclic) bond motifs is 1. The van der Waals surface area contributed by atoms with Crippen LogP contribution in [0.2, 0.25) is 0 Å². The first-order valence-electron chi connectivity index (χ1n) is 7.09. The maximum Gasteiger partial charge on any atom is 0.162 e. The molecule has 0 saturated heterocycles. The molecule has 0 aliphatic carbocycles. The summed E-state index contributed by atoms with van der Waals surface area (Å²) in [7, 11) is 0. The number of phenolic OH excluding ortho intramolecular Hbond substituents is 1. The van der Waals surface area contributed by atoms with E-state index in [-0.39, 0.29) is 11.7 Å². The predicted molar refractivity (Wildman–Crippen MR) is 80.3 cm³/mol. The highest BCUT2D eigenvalue weighted by Gasteiger charge is 2.17. The van der Waals surface area contributed by atoms with Crippen LogP contribution in [0.15, 0.2) is 18.2 Å². The summed E-state index contributed by atoms with van der Waals surface area (Å²) in [5, 5.41) is 10.9. The number of phenols is 1. The topological polar surface area (TPSA) is 20.2 Å². The number of aromatic hydroxyl groups is 1. The van der Waals surface area contributed by atoms with Crippen molar-refractivity contribution >= 4 is 10.8 Å². The van der Waals surface area contributed by atoms with E-state index in [1.807, 2.05) is 27.7 Å². The monoisotopic (exact) mass is 280 g/mol. The van der Waals surface area contributed by atoms with Crippen LogP contribution < -0.4 is 0 Å². The minimum Gasteiger partial charge on any atom is -0.508 e. The third-order valence-corrected chi connectivity index (χ3v) is 3.22. The van der Waals surface area contributed by atoms with Crippen molar-refractivity contribution in [2.45, 2.75) is 47.0 Å². The molecule has 0 saturated carbocycles. The highest BCUT2D eigenvalue weighted by atomic mass is 19.2. The molecule has 20 heavy (non-hydrogen) atoms. The predicted octanol–water partition coefficient (Wildman–Crippen LogP) is 5.54. The quantitative estimate of drug-likeness (QED) is 0.766. The van der Waals surface area contributed by atoms with Gasteiger partial charge in [-0.2, -0.15) is 0 Å². The van der Waals surface area contributed by atoms with Gasteiger partial charge in [-0.1, -0.05) is 34.6 Å². The van der Waals surface area contributed by atoms with Crippen molar-refractivity contribution < 1.29 is 13.9 Å². The van der Waals surface area contributed by atoms with Crippen LogP contribution in [0.4, 0.5) is 8.78 Å². The second kappa shape index (κ2) is 6.69. The highest BCUT2D eigenvalue weighted by Crippen LogP contribution is 2.34. The Morgan fingerprint density at radius 2 is 1.70 bits per heavy atom. The summed E-state index contributed by atoms with van der Waals surface area (Å²) in [6.07, 6.45) is 0.421. The van der Waals surface area contributed by atoms with Crippen molar-refractivity contribution in [3.63, 3.8) is 0 Å². The van der Waals surface area contributed by atoms with Crippen molar-refractivity contribution in [2.24, 2.45) is 0 Å². The van der Waals surface area contributed by atoms with Gasteiger partial charge in [0.25, 0.3) is 0 Å². The fraction of sp³-hybridized carbons (Fsp3) is 0.412. The van der Waals surface area contributed by atoms with Crippen molar-refractivity contribution in [1.82, 2.24) is 0 Å². The lowest BCUT2D eigenvalue weighted by molar-refractivity contribution is 0.474. The molecule has 0 fully saturated rings. The molecule has 2 aromatic carbocycles. The van der Waals surface area contributed by atoms with Gasteiger partial charge in [0.15, 0.2) is 11.6 Å². The van der Waals surface area contributed by atoms with Gasteiger partial charge in [0.05, 0.1) is 0 Å². The molecule has 0 aliphatic heterocycles. The van der Waals surface area contributed by atoms with Gasteiger partial charge in [0.1, 0.15) is 5.75 Å². The summed E-state index contributed by atoms with van der Waals surface area (Å²) in [5.74, 6) is -1.42. The van der Waals surface area contributed by atoms with Crippen LogP contribution in [0.5, 0.6) is 5.75 Å². The van der Waals surface area contributed by atoms with Crippen LogP contribution in [0.1, 0.15) is 51.7 Å². The van der Waals surface area contributed by atoms with E-state index in [2.05, 4.69) is 0 Å². The fourth-order valence-electron chi connectivity index (χ4n) is 2.37. The molecule has 2 aromatic rings. The Bertz CT molecular complexity index is 604. The third kappa shape index (κ3) is 2.92. The number of aryl methyl sites for hydroxylation is 1. The normalized spacial score (nSPS) is 10.6. The lowest BCUT2D eigenvalue weighted by Crippen LogP contribution is -1.99. The minimum absolute atomic E-state index is 0.0826. The molecule has 1 nitrogen and oxygen atoms in total. The molecule has 0 aromatic heterocycles. The Morgan fingerprint density at radius 1 is 1.10 bits per heavy atom. The fourth-order valence-corrected chi connectivity index (χ4v) is 2.37. The molecule has 3 heteroatoms. The molecular formula is C17H22F2O. The van der Waals surface area contributed by atoms with Crippen LogP contribution in [0, 0.1) is 11.6 Å². The van der Waals surface area contributed by atoms with Gasteiger partial charge >= 0.3 is 0 Å². The Kier molecular flexibility index (Phi) is 5.49. The zero-order valence-corrected chi connectivity index (χ0v) is 12.7. The van der Waals surface area contributed by atoms with E-state index < -0.39 is 11.6 Å². The largest absolute Gasteiger partial charge is 0.508 e.